The highest BCUT2D eigenvalue weighted by Crippen LogP contribution is 2.21. The number of carbonyl (C=O) groups is 1. The normalized spacial score (nSPS) is 21.6. The topological polar surface area (TPSA) is 58.6 Å². The van der Waals surface area contributed by atoms with Crippen molar-refractivity contribution >= 4 is 11.6 Å². The van der Waals surface area contributed by atoms with E-state index in [0.29, 0.717) is 6.61 Å². The summed E-state index contributed by atoms with van der Waals surface area (Å²) in [5.41, 5.74) is 1.56. The van der Waals surface area contributed by atoms with Gasteiger partial charge in [-0.3, -0.25) is 4.79 Å². The first-order valence-corrected chi connectivity index (χ1v) is 6.31. The Bertz CT molecular complexity index is 498. The van der Waals surface area contributed by atoms with E-state index in [1.165, 1.54) is 0 Å². The zero-order valence-electron chi connectivity index (χ0n) is 10.8. The van der Waals surface area contributed by atoms with E-state index in [4.69, 9.17) is 9.84 Å². The number of aliphatic hydroxyl groups excluding tert-OH is 1. The summed E-state index contributed by atoms with van der Waals surface area (Å²) in [6, 6.07) is 7.23. The van der Waals surface area contributed by atoms with Crippen molar-refractivity contribution in [1.29, 1.82) is 0 Å². The minimum atomic E-state index is -0.154. The molecule has 100 valence electrons. The second kappa shape index (κ2) is 6.37. The van der Waals surface area contributed by atoms with Gasteiger partial charge in [0, 0.05) is 11.3 Å². The molecule has 0 aliphatic carbocycles. The van der Waals surface area contributed by atoms with Crippen LogP contribution in [0, 0.1) is 17.8 Å². The highest BCUT2D eigenvalue weighted by Gasteiger charge is 2.28. The second-order valence-electron chi connectivity index (χ2n) is 4.60. The molecular formula is C15H17NO3. The Morgan fingerprint density at radius 3 is 2.79 bits per heavy atom. The van der Waals surface area contributed by atoms with Gasteiger partial charge in [0.25, 0.3) is 0 Å². The standard InChI is InChI=1S/C15H17NO3/c1-11-9-13(10-19-11)15(18)16-14-6-4-12(5-7-14)3-2-8-17/h4-7,11,13,17H,8-10H2,1H3,(H,16,18). The van der Waals surface area contributed by atoms with Gasteiger partial charge in [-0.1, -0.05) is 11.8 Å². The van der Waals surface area contributed by atoms with Gasteiger partial charge in [0.1, 0.15) is 6.61 Å². The average Bonchev–Trinajstić information content (AvgIpc) is 2.85. The highest BCUT2D eigenvalue weighted by atomic mass is 16.5. The van der Waals surface area contributed by atoms with Gasteiger partial charge in [0.2, 0.25) is 5.91 Å². The Kier molecular flexibility index (Phi) is 4.56. The van der Waals surface area contributed by atoms with Gasteiger partial charge in [-0.2, -0.15) is 0 Å². The van der Waals surface area contributed by atoms with Crippen LogP contribution >= 0.6 is 0 Å². The van der Waals surface area contributed by atoms with Crippen LogP contribution in [0.25, 0.3) is 0 Å². The van der Waals surface area contributed by atoms with Crippen molar-refractivity contribution in [2.24, 2.45) is 5.92 Å². The van der Waals surface area contributed by atoms with Gasteiger partial charge >= 0.3 is 0 Å². The number of nitrogens with one attached hydrogen (secondary N) is 1. The molecule has 4 nitrogen and oxygen atoms in total. The predicted molar refractivity (Wildman–Crippen MR) is 72.6 cm³/mol. The van der Waals surface area contributed by atoms with Gasteiger partial charge in [-0.05, 0) is 37.6 Å². The van der Waals surface area contributed by atoms with Crippen LogP contribution in [0.1, 0.15) is 18.9 Å². The molecule has 1 aromatic rings. The quantitative estimate of drug-likeness (QED) is 0.789. The molecule has 1 aliphatic rings. The van der Waals surface area contributed by atoms with E-state index < -0.39 is 0 Å². The predicted octanol–water partition coefficient (Wildman–Crippen LogP) is 1.39. The molecule has 0 aromatic heterocycles. The number of amides is 1. The van der Waals surface area contributed by atoms with Crippen LogP contribution < -0.4 is 5.32 Å². The smallest absolute Gasteiger partial charge is 0.229 e. The lowest BCUT2D eigenvalue weighted by Crippen LogP contribution is -2.22. The van der Waals surface area contributed by atoms with Gasteiger partial charge in [0.05, 0.1) is 18.6 Å². The SMILES string of the molecule is CC1CC(C(=O)Nc2ccc(C#CCO)cc2)CO1. The highest BCUT2D eigenvalue weighted by molar-refractivity contribution is 5.92. The van der Waals surface area contributed by atoms with Gasteiger partial charge in [0.15, 0.2) is 0 Å². The van der Waals surface area contributed by atoms with Crippen molar-refractivity contribution < 1.29 is 14.6 Å². The fourth-order valence-corrected chi connectivity index (χ4v) is 2.02. The van der Waals surface area contributed by atoms with E-state index in [1.807, 2.05) is 19.1 Å². The molecule has 1 aromatic carbocycles. The third-order valence-electron chi connectivity index (χ3n) is 3.03. The largest absolute Gasteiger partial charge is 0.384 e. The van der Waals surface area contributed by atoms with E-state index in [-0.39, 0.29) is 24.5 Å². The number of aliphatic hydroxyl groups is 1. The monoisotopic (exact) mass is 259 g/mol. The molecule has 1 amide bonds. The maximum atomic E-state index is 12.0. The summed E-state index contributed by atoms with van der Waals surface area (Å²) < 4.78 is 5.38. The molecule has 0 radical (unpaired) electrons. The molecule has 0 saturated carbocycles. The Balaban J connectivity index is 1.94. The molecule has 1 fully saturated rings. The summed E-state index contributed by atoms with van der Waals surface area (Å²) in [4.78, 5) is 12.0. The molecule has 2 unspecified atom stereocenters. The summed E-state index contributed by atoms with van der Waals surface area (Å²) >= 11 is 0. The lowest BCUT2D eigenvalue weighted by atomic mass is 10.1. The fourth-order valence-electron chi connectivity index (χ4n) is 2.02. The van der Waals surface area contributed by atoms with Crippen molar-refractivity contribution in [1.82, 2.24) is 0 Å². The van der Waals surface area contributed by atoms with Crippen molar-refractivity contribution in [3.63, 3.8) is 0 Å². The lowest BCUT2D eigenvalue weighted by molar-refractivity contribution is -0.119. The van der Waals surface area contributed by atoms with Crippen LogP contribution in [0.15, 0.2) is 24.3 Å². The Labute approximate surface area is 112 Å². The lowest BCUT2D eigenvalue weighted by Gasteiger charge is -2.09. The Morgan fingerprint density at radius 2 is 2.21 bits per heavy atom. The van der Waals surface area contributed by atoms with Crippen LogP contribution in [0.4, 0.5) is 5.69 Å². The number of anilines is 1. The minimum Gasteiger partial charge on any atom is -0.384 e. The second-order valence-corrected chi connectivity index (χ2v) is 4.60. The number of hydrogen-bond donors (Lipinski definition) is 2. The first-order valence-electron chi connectivity index (χ1n) is 6.31. The van der Waals surface area contributed by atoms with Crippen molar-refractivity contribution in [2.45, 2.75) is 19.4 Å². The van der Waals surface area contributed by atoms with Crippen LogP contribution in [0.2, 0.25) is 0 Å². The summed E-state index contributed by atoms with van der Waals surface area (Å²) in [6.07, 6.45) is 0.929. The molecule has 2 atom stereocenters. The van der Waals surface area contributed by atoms with Crippen molar-refractivity contribution in [3.8, 4) is 11.8 Å². The summed E-state index contributed by atoms with van der Waals surface area (Å²) in [5, 5.41) is 11.5. The van der Waals surface area contributed by atoms with E-state index in [0.717, 1.165) is 17.7 Å². The van der Waals surface area contributed by atoms with Gasteiger partial charge < -0.3 is 15.2 Å². The Morgan fingerprint density at radius 1 is 1.47 bits per heavy atom. The molecule has 0 spiro atoms. The third kappa shape index (κ3) is 3.82. The molecule has 0 bridgehead atoms. The van der Waals surface area contributed by atoms with Crippen molar-refractivity contribution in [3.05, 3.63) is 29.8 Å². The number of benzene rings is 1. The van der Waals surface area contributed by atoms with Crippen LogP contribution in [-0.2, 0) is 9.53 Å². The molecule has 2 rings (SSSR count). The molecule has 1 saturated heterocycles. The van der Waals surface area contributed by atoms with E-state index in [9.17, 15) is 4.79 Å². The number of hydrogen-bond acceptors (Lipinski definition) is 3. The maximum absolute atomic E-state index is 12.0. The van der Waals surface area contributed by atoms with Gasteiger partial charge in [-0.25, -0.2) is 0 Å². The summed E-state index contributed by atoms with van der Waals surface area (Å²) in [5.74, 6) is 5.31. The maximum Gasteiger partial charge on any atom is 0.229 e. The number of rotatable bonds is 2. The molecule has 2 N–H and O–H groups in total. The Hall–Kier alpha value is -1.83. The van der Waals surface area contributed by atoms with E-state index in [2.05, 4.69) is 17.2 Å². The first-order chi connectivity index (χ1) is 9.19. The zero-order chi connectivity index (χ0) is 13.7. The van der Waals surface area contributed by atoms with Crippen LogP contribution in [0.5, 0.6) is 0 Å². The third-order valence-corrected chi connectivity index (χ3v) is 3.03. The number of carbonyl (C=O) groups excluding carboxylic acids is 1. The summed E-state index contributed by atoms with van der Waals surface area (Å²) in [6.45, 7) is 2.31. The van der Waals surface area contributed by atoms with Gasteiger partial charge in [-0.15, -0.1) is 0 Å². The molecule has 1 heterocycles. The molecular weight excluding hydrogens is 242 g/mol. The van der Waals surface area contributed by atoms with Crippen LogP contribution in [-0.4, -0.2) is 30.3 Å². The molecule has 1 aliphatic heterocycles. The fraction of sp³-hybridized carbons (Fsp3) is 0.400. The van der Waals surface area contributed by atoms with E-state index in [1.54, 1.807) is 12.1 Å². The number of ether oxygens (including phenoxy) is 1. The van der Waals surface area contributed by atoms with Crippen LogP contribution in [0.3, 0.4) is 0 Å². The van der Waals surface area contributed by atoms with E-state index >= 15 is 0 Å². The molecule has 19 heavy (non-hydrogen) atoms. The average molecular weight is 259 g/mol. The summed E-state index contributed by atoms with van der Waals surface area (Å²) in [7, 11) is 0. The zero-order valence-corrected chi connectivity index (χ0v) is 10.8. The minimum absolute atomic E-state index is 0.00135. The molecule has 4 heteroatoms. The first kappa shape index (κ1) is 13.6. The van der Waals surface area contributed by atoms with Crippen molar-refractivity contribution in [2.75, 3.05) is 18.5 Å².